The van der Waals surface area contributed by atoms with Crippen LogP contribution in [0.4, 0.5) is 0 Å². The predicted octanol–water partition coefficient (Wildman–Crippen LogP) is 6.02. The van der Waals surface area contributed by atoms with Gasteiger partial charge >= 0.3 is 20.7 Å². The van der Waals surface area contributed by atoms with Crippen LogP contribution in [0.25, 0.3) is 6.08 Å². The molecule has 220 valence electrons. The maximum atomic E-state index is 12.9. The van der Waals surface area contributed by atoms with Crippen LogP contribution in [-0.2, 0) is 22.8 Å². The lowest BCUT2D eigenvalue weighted by Gasteiger charge is -2.35. The van der Waals surface area contributed by atoms with Crippen LogP contribution in [-0.4, -0.2) is 59.5 Å². The fourth-order valence-electron chi connectivity index (χ4n) is 3.92. The molecule has 0 radical (unpaired) electrons. The van der Waals surface area contributed by atoms with Gasteiger partial charge in [0.25, 0.3) is 0 Å². The van der Waals surface area contributed by atoms with Crippen LogP contribution >= 0.6 is 0 Å². The maximum Gasteiger partial charge on any atom is 0.543 e. The molecule has 0 aliphatic rings. The molecule has 1 unspecified atom stereocenters. The van der Waals surface area contributed by atoms with Crippen molar-refractivity contribution in [1.29, 1.82) is 0 Å². The second-order valence-electron chi connectivity index (χ2n) is 8.43. The Labute approximate surface area is 238 Å². The average Bonchev–Trinajstić information content (AvgIpc) is 2.93. The molecule has 2 aromatic rings. The van der Waals surface area contributed by atoms with Gasteiger partial charge in [0, 0.05) is 37.5 Å². The second kappa shape index (κ2) is 17.5. The molecule has 9 nitrogen and oxygen atoms in total. The molecule has 0 aromatic heterocycles. The van der Waals surface area contributed by atoms with Crippen LogP contribution in [0.3, 0.4) is 0 Å². The van der Waals surface area contributed by atoms with E-state index in [-0.39, 0.29) is 5.73 Å². The van der Waals surface area contributed by atoms with Gasteiger partial charge in [-0.25, -0.2) is 9.59 Å². The molecular formula is C30H42O9Si. The molecule has 0 amide bonds. The third kappa shape index (κ3) is 9.78. The third-order valence-electron chi connectivity index (χ3n) is 5.53. The smallest absolute Gasteiger partial charge is 0.493 e. The van der Waals surface area contributed by atoms with Crippen molar-refractivity contribution >= 4 is 26.8 Å². The number of carbonyl (C=O) groups is 2. The van der Waals surface area contributed by atoms with Crippen molar-refractivity contribution < 1.29 is 41.8 Å². The molecule has 0 fully saturated rings. The highest BCUT2D eigenvalue weighted by atomic mass is 28.4. The summed E-state index contributed by atoms with van der Waals surface area (Å²) in [6, 6.07) is 11.7. The van der Waals surface area contributed by atoms with Crippen LogP contribution in [0.1, 0.15) is 70.3 Å². The van der Waals surface area contributed by atoms with Crippen molar-refractivity contribution in [1.82, 2.24) is 0 Å². The zero-order valence-corrected chi connectivity index (χ0v) is 25.4. The number of carbonyl (C=O) groups excluding carboxylic acids is 2. The summed E-state index contributed by atoms with van der Waals surface area (Å²) in [5.74, 6) is 0.379. The van der Waals surface area contributed by atoms with Crippen molar-refractivity contribution in [2.45, 2.75) is 60.1 Å². The predicted molar refractivity (Wildman–Crippen MR) is 155 cm³/mol. The molecule has 0 spiro atoms. The number of esters is 2. The monoisotopic (exact) mass is 574 g/mol. The van der Waals surface area contributed by atoms with Gasteiger partial charge in [0.2, 0.25) is 0 Å². The van der Waals surface area contributed by atoms with Crippen LogP contribution < -0.4 is 14.2 Å². The number of hydrogen-bond acceptors (Lipinski definition) is 9. The van der Waals surface area contributed by atoms with E-state index in [1.165, 1.54) is 6.08 Å². The molecule has 2 aromatic carbocycles. The van der Waals surface area contributed by atoms with Gasteiger partial charge < -0.3 is 32.2 Å². The first-order valence-electron chi connectivity index (χ1n) is 13.9. The Morgan fingerprint density at radius 2 is 1.43 bits per heavy atom. The zero-order chi connectivity index (χ0) is 29.4. The first-order chi connectivity index (χ1) is 19.4. The summed E-state index contributed by atoms with van der Waals surface area (Å²) in [6.07, 6.45) is 4.48. The first kappa shape index (κ1) is 33.0. The summed E-state index contributed by atoms with van der Waals surface area (Å²) in [6.45, 7) is 13.4. The van der Waals surface area contributed by atoms with E-state index in [1.807, 2.05) is 27.7 Å². The molecule has 0 bridgehead atoms. The molecule has 2 rings (SSSR count). The van der Waals surface area contributed by atoms with Gasteiger partial charge in [-0.1, -0.05) is 13.3 Å². The molecule has 0 saturated carbocycles. The van der Waals surface area contributed by atoms with E-state index in [0.717, 1.165) is 6.42 Å². The highest BCUT2D eigenvalue weighted by Crippen LogP contribution is 2.28. The SMILES string of the molecule is CCCC(Oc1ccc(C(=O)Oc2ccc(/C=C/C(=O)OCC)c(OCC)c2)cc1)[Si](OCC)(OCC)OCC. The fourth-order valence-corrected chi connectivity index (χ4v) is 6.86. The Morgan fingerprint density at radius 1 is 0.800 bits per heavy atom. The molecule has 0 aliphatic heterocycles. The quantitative estimate of drug-likeness (QED) is 0.0916. The standard InChI is InChI=1S/C30H42O9Si/c1-7-13-29(40(35-10-4,36-11-5)37-12-6)38-25-18-15-24(16-19-25)30(32)39-26-20-14-23(27(22-26)33-8-2)17-21-28(31)34-9-3/h14-22,29H,7-13H2,1-6H3/b21-17+. The van der Waals surface area contributed by atoms with Crippen molar-refractivity contribution in [3.8, 4) is 17.2 Å². The Morgan fingerprint density at radius 3 is 1.98 bits per heavy atom. The summed E-state index contributed by atoms with van der Waals surface area (Å²) in [7, 11) is -3.11. The molecule has 40 heavy (non-hydrogen) atoms. The van der Waals surface area contributed by atoms with E-state index in [1.54, 1.807) is 55.5 Å². The van der Waals surface area contributed by atoms with E-state index in [0.29, 0.717) is 67.8 Å². The van der Waals surface area contributed by atoms with E-state index >= 15 is 0 Å². The van der Waals surface area contributed by atoms with Gasteiger partial charge in [0.05, 0.1) is 18.8 Å². The number of rotatable bonds is 18. The second-order valence-corrected chi connectivity index (χ2v) is 11.1. The summed E-state index contributed by atoms with van der Waals surface area (Å²) in [5, 5.41) is 0. The molecule has 0 heterocycles. The average molecular weight is 575 g/mol. The number of ether oxygens (including phenoxy) is 4. The lowest BCUT2D eigenvalue weighted by atomic mass is 10.1. The molecule has 1 atom stereocenters. The lowest BCUT2D eigenvalue weighted by Crippen LogP contribution is -2.58. The number of hydrogen-bond donors (Lipinski definition) is 0. The summed E-state index contributed by atoms with van der Waals surface area (Å²) in [4.78, 5) is 24.5. The Bertz CT molecular complexity index is 1070. The van der Waals surface area contributed by atoms with E-state index in [4.69, 9.17) is 32.2 Å². The van der Waals surface area contributed by atoms with Gasteiger partial charge in [0.1, 0.15) is 17.2 Å². The minimum absolute atomic E-state index is 0.291. The van der Waals surface area contributed by atoms with Crippen molar-refractivity contribution in [2.75, 3.05) is 33.0 Å². The number of benzene rings is 2. The zero-order valence-electron chi connectivity index (χ0n) is 24.4. The van der Waals surface area contributed by atoms with Crippen molar-refractivity contribution in [3.05, 3.63) is 59.7 Å². The van der Waals surface area contributed by atoms with Crippen LogP contribution in [0.2, 0.25) is 0 Å². The van der Waals surface area contributed by atoms with Gasteiger partial charge in [0.15, 0.2) is 5.73 Å². The first-order valence-corrected chi connectivity index (χ1v) is 15.7. The van der Waals surface area contributed by atoms with Crippen LogP contribution in [0, 0.1) is 0 Å². The minimum Gasteiger partial charge on any atom is -0.493 e. The Balaban J connectivity index is 2.18. The van der Waals surface area contributed by atoms with Gasteiger partial charge in [-0.3, -0.25) is 0 Å². The Kier molecular flexibility index (Phi) is 14.4. The third-order valence-corrected chi connectivity index (χ3v) is 8.80. The topological polar surface area (TPSA) is 98.8 Å². The van der Waals surface area contributed by atoms with E-state index in [2.05, 4.69) is 6.92 Å². The largest absolute Gasteiger partial charge is 0.543 e. The van der Waals surface area contributed by atoms with Crippen molar-refractivity contribution in [3.63, 3.8) is 0 Å². The lowest BCUT2D eigenvalue weighted by molar-refractivity contribution is -0.137. The molecule has 10 heteroatoms. The fraction of sp³-hybridized carbons (Fsp3) is 0.467. The maximum absolute atomic E-state index is 12.9. The van der Waals surface area contributed by atoms with E-state index in [9.17, 15) is 9.59 Å². The summed E-state index contributed by atoms with van der Waals surface area (Å²) < 4.78 is 40.7. The molecule has 0 saturated heterocycles. The van der Waals surface area contributed by atoms with Gasteiger partial charge in [-0.2, -0.15) is 0 Å². The summed E-state index contributed by atoms with van der Waals surface area (Å²) in [5.41, 5.74) is 0.624. The van der Waals surface area contributed by atoms with Crippen molar-refractivity contribution in [2.24, 2.45) is 0 Å². The van der Waals surface area contributed by atoms with Gasteiger partial charge in [-0.05, 0) is 83.5 Å². The van der Waals surface area contributed by atoms with E-state index < -0.39 is 20.7 Å². The highest BCUT2D eigenvalue weighted by Gasteiger charge is 2.51. The minimum atomic E-state index is -3.11. The van der Waals surface area contributed by atoms with Crippen LogP contribution in [0.15, 0.2) is 48.5 Å². The normalized spacial score (nSPS) is 12.2. The Hall–Kier alpha value is -3.18. The molecular weight excluding hydrogens is 532 g/mol. The highest BCUT2D eigenvalue weighted by molar-refractivity contribution is 6.62. The molecule has 0 N–H and O–H groups in total. The molecule has 0 aliphatic carbocycles. The summed E-state index contributed by atoms with van der Waals surface area (Å²) >= 11 is 0. The van der Waals surface area contributed by atoms with Gasteiger partial charge in [-0.15, -0.1) is 0 Å². The van der Waals surface area contributed by atoms with Crippen LogP contribution in [0.5, 0.6) is 17.2 Å².